The minimum absolute atomic E-state index is 0.0715. The summed E-state index contributed by atoms with van der Waals surface area (Å²) in [6.45, 7) is 2.32. The number of amides is 1. The fourth-order valence-corrected chi connectivity index (χ4v) is 3.41. The van der Waals surface area contributed by atoms with Crippen LogP contribution < -0.4 is 0 Å². The topological polar surface area (TPSA) is 57.6 Å². The van der Waals surface area contributed by atoms with E-state index in [0.29, 0.717) is 24.9 Å². The maximum Gasteiger partial charge on any atom is 0.308 e. The van der Waals surface area contributed by atoms with E-state index in [9.17, 15) is 14.7 Å². The highest BCUT2D eigenvalue weighted by atomic mass is 16.4. The first-order valence-corrected chi connectivity index (χ1v) is 8.23. The molecular weight excluding hydrogens is 302 g/mol. The number of carbonyl (C=O) groups is 2. The Morgan fingerprint density at radius 3 is 2.42 bits per heavy atom. The molecule has 1 aliphatic rings. The van der Waals surface area contributed by atoms with Crippen molar-refractivity contribution in [2.45, 2.75) is 25.8 Å². The van der Waals surface area contributed by atoms with Gasteiger partial charge in [-0.3, -0.25) is 9.59 Å². The summed E-state index contributed by atoms with van der Waals surface area (Å²) in [6, 6.07) is 17.3. The molecule has 1 fully saturated rings. The van der Waals surface area contributed by atoms with Crippen LogP contribution in [0, 0.1) is 5.92 Å². The largest absolute Gasteiger partial charge is 0.481 e. The van der Waals surface area contributed by atoms with Gasteiger partial charge in [0.1, 0.15) is 0 Å². The van der Waals surface area contributed by atoms with E-state index in [4.69, 9.17) is 0 Å². The zero-order valence-electron chi connectivity index (χ0n) is 13.7. The average molecular weight is 323 g/mol. The lowest BCUT2D eigenvalue weighted by Gasteiger charge is -2.24. The summed E-state index contributed by atoms with van der Waals surface area (Å²) in [5, 5.41) is 9.27. The lowest BCUT2D eigenvalue weighted by molar-refractivity contribution is -0.142. The van der Waals surface area contributed by atoms with E-state index < -0.39 is 11.9 Å². The van der Waals surface area contributed by atoms with Crippen LogP contribution >= 0.6 is 0 Å². The molecule has 0 radical (unpaired) electrons. The number of aliphatic carboxylic acids is 1. The highest BCUT2D eigenvalue weighted by molar-refractivity contribution is 5.96. The van der Waals surface area contributed by atoms with Gasteiger partial charge in [-0.1, -0.05) is 48.5 Å². The molecule has 0 bridgehead atoms. The third-order valence-corrected chi connectivity index (χ3v) is 4.82. The molecule has 4 nitrogen and oxygen atoms in total. The van der Waals surface area contributed by atoms with Crippen LogP contribution in [-0.2, 0) is 11.2 Å². The summed E-state index contributed by atoms with van der Waals surface area (Å²) >= 11 is 0. The van der Waals surface area contributed by atoms with Crippen LogP contribution in [-0.4, -0.2) is 34.5 Å². The molecule has 0 saturated carbocycles. The van der Waals surface area contributed by atoms with E-state index >= 15 is 0 Å². The zero-order chi connectivity index (χ0) is 17.1. The minimum Gasteiger partial charge on any atom is -0.481 e. The van der Waals surface area contributed by atoms with Crippen molar-refractivity contribution in [3.63, 3.8) is 0 Å². The Hall–Kier alpha value is -2.62. The Morgan fingerprint density at radius 2 is 1.75 bits per heavy atom. The van der Waals surface area contributed by atoms with Crippen molar-refractivity contribution < 1.29 is 14.7 Å². The number of benzene rings is 2. The molecule has 124 valence electrons. The number of rotatable bonds is 4. The lowest BCUT2D eigenvalue weighted by atomic mass is 9.98. The number of nitrogens with zero attached hydrogens (tertiary/aromatic N) is 1. The van der Waals surface area contributed by atoms with Crippen LogP contribution in [0.5, 0.6) is 0 Å². The molecule has 0 aromatic heterocycles. The Morgan fingerprint density at radius 1 is 1.08 bits per heavy atom. The van der Waals surface area contributed by atoms with Crippen LogP contribution in [0.3, 0.4) is 0 Å². The molecular formula is C20H21NO3. The zero-order valence-corrected chi connectivity index (χ0v) is 13.7. The van der Waals surface area contributed by atoms with Gasteiger partial charge in [0.05, 0.1) is 5.92 Å². The first-order valence-electron chi connectivity index (χ1n) is 8.23. The second-order valence-electron chi connectivity index (χ2n) is 6.29. The summed E-state index contributed by atoms with van der Waals surface area (Å²) in [5.41, 5.74) is 2.79. The third-order valence-electron chi connectivity index (χ3n) is 4.82. The van der Waals surface area contributed by atoms with Crippen LogP contribution in [0.2, 0.25) is 0 Å². The quantitative estimate of drug-likeness (QED) is 0.940. The Kier molecular flexibility index (Phi) is 4.65. The van der Waals surface area contributed by atoms with Crippen LogP contribution in [0.25, 0.3) is 0 Å². The predicted molar refractivity (Wildman–Crippen MR) is 91.9 cm³/mol. The second-order valence-corrected chi connectivity index (χ2v) is 6.29. The maximum atomic E-state index is 13.0. The monoisotopic (exact) mass is 323 g/mol. The molecule has 2 aromatic carbocycles. The first-order chi connectivity index (χ1) is 11.6. The number of hydrogen-bond donors (Lipinski definition) is 1. The number of carbonyl (C=O) groups excluding carboxylic acids is 1. The molecule has 2 aromatic rings. The normalized spacial score (nSPS) is 20.1. The van der Waals surface area contributed by atoms with Crippen molar-refractivity contribution in [1.29, 1.82) is 0 Å². The van der Waals surface area contributed by atoms with Crippen molar-refractivity contribution >= 4 is 11.9 Å². The first kappa shape index (κ1) is 16.2. The van der Waals surface area contributed by atoms with Crippen LogP contribution in [0.4, 0.5) is 0 Å². The van der Waals surface area contributed by atoms with Gasteiger partial charge in [0.15, 0.2) is 0 Å². The predicted octanol–water partition coefficient (Wildman–Crippen LogP) is 3.21. The van der Waals surface area contributed by atoms with Gasteiger partial charge < -0.3 is 10.0 Å². The smallest absolute Gasteiger partial charge is 0.308 e. The van der Waals surface area contributed by atoms with Gasteiger partial charge in [0.25, 0.3) is 5.91 Å². The van der Waals surface area contributed by atoms with E-state index in [0.717, 1.165) is 11.1 Å². The minimum atomic E-state index is -0.824. The molecule has 0 spiro atoms. The highest BCUT2D eigenvalue weighted by Crippen LogP contribution is 2.27. The molecule has 1 amide bonds. The van der Waals surface area contributed by atoms with Gasteiger partial charge in [-0.2, -0.15) is 0 Å². The SMILES string of the molecule is CC1C(C(=O)O)CCN1C(=O)c1ccccc1Cc1ccccc1. The summed E-state index contributed by atoms with van der Waals surface area (Å²) in [5.74, 6) is -1.37. The molecule has 1 heterocycles. The lowest BCUT2D eigenvalue weighted by Crippen LogP contribution is -2.38. The molecule has 1 aliphatic heterocycles. The number of carboxylic acid groups (broad SMARTS) is 1. The van der Waals surface area contributed by atoms with E-state index in [-0.39, 0.29) is 11.9 Å². The Labute approximate surface area is 141 Å². The number of likely N-dealkylation sites (tertiary alicyclic amines) is 1. The molecule has 2 unspecified atom stereocenters. The van der Waals surface area contributed by atoms with E-state index in [2.05, 4.69) is 0 Å². The van der Waals surface area contributed by atoms with Gasteiger partial charge >= 0.3 is 5.97 Å². The highest BCUT2D eigenvalue weighted by Gasteiger charge is 2.38. The molecule has 4 heteroatoms. The molecule has 0 aliphatic carbocycles. The van der Waals surface area contributed by atoms with Crippen molar-refractivity contribution in [3.05, 3.63) is 71.3 Å². The summed E-state index contributed by atoms with van der Waals surface area (Å²) < 4.78 is 0. The van der Waals surface area contributed by atoms with Crippen LogP contribution in [0.1, 0.15) is 34.8 Å². The summed E-state index contributed by atoms with van der Waals surface area (Å²) in [4.78, 5) is 26.0. The maximum absolute atomic E-state index is 13.0. The summed E-state index contributed by atoms with van der Waals surface area (Å²) in [6.07, 6.45) is 1.20. The van der Waals surface area contributed by atoms with E-state index in [1.807, 2.05) is 61.5 Å². The molecule has 1 saturated heterocycles. The fourth-order valence-electron chi connectivity index (χ4n) is 3.41. The fraction of sp³-hybridized carbons (Fsp3) is 0.300. The van der Waals surface area contributed by atoms with Gasteiger partial charge in [0.2, 0.25) is 0 Å². The molecule has 3 rings (SSSR count). The van der Waals surface area contributed by atoms with Gasteiger partial charge in [0, 0.05) is 18.2 Å². The Bertz CT molecular complexity index is 742. The van der Waals surface area contributed by atoms with Crippen molar-refractivity contribution in [1.82, 2.24) is 4.90 Å². The Balaban J connectivity index is 1.85. The van der Waals surface area contributed by atoms with Crippen LogP contribution in [0.15, 0.2) is 54.6 Å². The van der Waals surface area contributed by atoms with E-state index in [1.54, 1.807) is 4.90 Å². The standard InChI is InChI=1S/C20H21NO3/c1-14-17(20(23)24)11-12-21(14)19(22)18-10-6-5-9-16(18)13-15-7-3-2-4-8-15/h2-10,14,17H,11-13H2,1H3,(H,23,24). The van der Waals surface area contributed by atoms with Crippen molar-refractivity contribution in [2.75, 3.05) is 6.54 Å². The molecule has 1 N–H and O–H groups in total. The average Bonchev–Trinajstić information content (AvgIpc) is 2.97. The summed E-state index contributed by atoms with van der Waals surface area (Å²) in [7, 11) is 0. The number of carboxylic acids is 1. The van der Waals surface area contributed by atoms with E-state index in [1.165, 1.54) is 0 Å². The van der Waals surface area contributed by atoms with Gasteiger partial charge in [-0.05, 0) is 37.0 Å². The molecule has 2 atom stereocenters. The van der Waals surface area contributed by atoms with Crippen molar-refractivity contribution in [3.8, 4) is 0 Å². The number of hydrogen-bond acceptors (Lipinski definition) is 2. The van der Waals surface area contributed by atoms with Crippen molar-refractivity contribution in [2.24, 2.45) is 5.92 Å². The molecule has 24 heavy (non-hydrogen) atoms. The third kappa shape index (κ3) is 3.18. The van der Waals surface area contributed by atoms with Gasteiger partial charge in [-0.25, -0.2) is 0 Å². The second kappa shape index (κ2) is 6.87. The van der Waals surface area contributed by atoms with Gasteiger partial charge in [-0.15, -0.1) is 0 Å².